The summed E-state index contributed by atoms with van der Waals surface area (Å²) in [6.07, 6.45) is 5.15. The van der Waals surface area contributed by atoms with Crippen molar-refractivity contribution < 1.29 is 23.5 Å². The minimum atomic E-state index is -0.827. The monoisotopic (exact) mass is 908 g/mol. The summed E-state index contributed by atoms with van der Waals surface area (Å²) in [5.41, 5.74) is 5.51. The number of carbonyl (C=O) groups is 3. The number of hydrogen-bond acceptors (Lipinski definition) is 8. The van der Waals surface area contributed by atoms with Gasteiger partial charge in [-0.2, -0.15) is 11.8 Å². The second-order valence-electron chi connectivity index (χ2n) is 17.3. The third kappa shape index (κ3) is 12.1. The summed E-state index contributed by atoms with van der Waals surface area (Å²) in [4.78, 5) is 48.6. The van der Waals surface area contributed by atoms with Crippen LogP contribution in [0.4, 0.5) is 14.9 Å². The number of thioether (sulfide) groups is 2. The Morgan fingerprint density at radius 3 is 2.00 bits per heavy atom. The first-order valence-corrected chi connectivity index (χ1v) is 24.4. The maximum atomic E-state index is 14.6. The summed E-state index contributed by atoms with van der Waals surface area (Å²) in [5.74, 6) is -0.388. The Hall–Kier alpha value is -5.75. The Morgan fingerprint density at radius 1 is 0.815 bits per heavy atom. The summed E-state index contributed by atoms with van der Waals surface area (Å²) in [6, 6.07) is 47.9. The van der Waals surface area contributed by atoms with Gasteiger partial charge >= 0.3 is 6.09 Å². The van der Waals surface area contributed by atoms with Gasteiger partial charge in [-0.05, 0) is 123 Å². The molecule has 1 saturated heterocycles. The van der Waals surface area contributed by atoms with E-state index in [0.29, 0.717) is 42.8 Å². The van der Waals surface area contributed by atoms with Crippen LogP contribution in [0.1, 0.15) is 82.3 Å². The molecule has 2 heterocycles. The van der Waals surface area contributed by atoms with Crippen LogP contribution in [-0.2, 0) is 22.3 Å². The summed E-state index contributed by atoms with van der Waals surface area (Å²) >= 11 is 3.51. The SMILES string of the molecule is CSCC[C@H](NC(=O)c1cc(N(C[C@@H]2C[C@H](SC(c3ccccc3)(c3ccccc3)c3ccccc3)CN2)C(=O)OC(C)(C)C)ccc1CCc1ccc(F)cc1)C(=O)c1ccccn1. The van der Waals surface area contributed by atoms with Crippen LogP contribution in [0.3, 0.4) is 0 Å². The number of nitrogens with zero attached hydrogens (tertiary/aromatic N) is 2. The van der Waals surface area contributed by atoms with Gasteiger partial charge < -0.3 is 15.4 Å². The fourth-order valence-corrected chi connectivity index (χ4v) is 10.6. The zero-order chi connectivity index (χ0) is 45.8. The van der Waals surface area contributed by atoms with E-state index < -0.39 is 28.4 Å². The number of anilines is 1. The van der Waals surface area contributed by atoms with Crippen molar-refractivity contribution in [1.29, 1.82) is 0 Å². The van der Waals surface area contributed by atoms with Gasteiger partial charge in [0.2, 0.25) is 5.78 Å². The lowest BCUT2D eigenvalue weighted by molar-refractivity contribution is 0.0577. The third-order valence-corrected chi connectivity index (χ3v) is 13.9. The second-order valence-corrected chi connectivity index (χ2v) is 19.8. The van der Waals surface area contributed by atoms with Gasteiger partial charge in [0.15, 0.2) is 0 Å². The van der Waals surface area contributed by atoms with E-state index in [1.54, 1.807) is 59.3 Å². The van der Waals surface area contributed by atoms with Gasteiger partial charge in [0, 0.05) is 41.8 Å². The van der Waals surface area contributed by atoms with Crippen LogP contribution in [0.15, 0.2) is 158 Å². The predicted octanol–water partition coefficient (Wildman–Crippen LogP) is 10.9. The fraction of sp³-hybridized carbons (Fsp3) is 0.296. The number of hydrogen-bond donors (Lipinski definition) is 2. The highest BCUT2D eigenvalue weighted by Gasteiger charge is 2.42. The number of ketones is 1. The Bertz CT molecular complexity index is 2390. The highest BCUT2D eigenvalue weighted by Crippen LogP contribution is 2.51. The Balaban J connectivity index is 1.21. The molecule has 1 aliphatic rings. The molecule has 6 aromatic rings. The molecule has 5 aromatic carbocycles. The molecule has 65 heavy (non-hydrogen) atoms. The summed E-state index contributed by atoms with van der Waals surface area (Å²) in [5, 5.41) is 6.95. The number of rotatable bonds is 18. The van der Waals surface area contributed by atoms with Gasteiger partial charge in [-0.15, -0.1) is 11.8 Å². The van der Waals surface area contributed by atoms with Crippen LogP contribution in [0.5, 0.6) is 0 Å². The number of nitrogens with one attached hydrogen (secondary N) is 2. The lowest BCUT2D eigenvalue weighted by atomic mass is 9.84. The van der Waals surface area contributed by atoms with E-state index in [9.17, 15) is 18.8 Å². The topological polar surface area (TPSA) is 101 Å². The molecule has 0 saturated carbocycles. The molecule has 0 spiro atoms. The van der Waals surface area contributed by atoms with Crippen LogP contribution in [0.25, 0.3) is 0 Å². The largest absolute Gasteiger partial charge is 0.443 e. The van der Waals surface area contributed by atoms with E-state index in [-0.39, 0.29) is 35.1 Å². The van der Waals surface area contributed by atoms with Crippen molar-refractivity contribution in [1.82, 2.24) is 15.6 Å². The van der Waals surface area contributed by atoms with Gasteiger partial charge in [0.1, 0.15) is 17.1 Å². The number of ether oxygens (including phenoxy) is 1. The number of carbonyl (C=O) groups excluding carboxylic acids is 3. The second kappa shape index (κ2) is 22.0. The lowest BCUT2D eigenvalue weighted by Gasteiger charge is -2.37. The highest BCUT2D eigenvalue weighted by atomic mass is 32.2. The van der Waals surface area contributed by atoms with Gasteiger partial charge in [0.05, 0.1) is 10.8 Å². The maximum Gasteiger partial charge on any atom is 0.414 e. The van der Waals surface area contributed by atoms with Gasteiger partial charge in [-0.1, -0.05) is 115 Å². The van der Waals surface area contributed by atoms with Crippen LogP contribution in [0, 0.1) is 5.82 Å². The molecule has 1 aliphatic heterocycles. The molecule has 2 amide bonds. The zero-order valence-electron chi connectivity index (χ0n) is 37.4. The zero-order valence-corrected chi connectivity index (χ0v) is 39.0. The molecule has 11 heteroatoms. The van der Waals surface area contributed by atoms with Crippen LogP contribution in [-0.4, -0.2) is 70.8 Å². The Kier molecular flexibility index (Phi) is 15.9. The minimum Gasteiger partial charge on any atom is -0.443 e. The molecular formula is C54H57FN4O4S2. The minimum absolute atomic E-state index is 0.109. The first-order valence-electron chi connectivity index (χ1n) is 22.1. The van der Waals surface area contributed by atoms with Crippen molar-refractivity contribution in [3.8, 4) is 0 Å². The number of pyridine rings is 1. The van der Waals surface area contributed by atoms with Crippen molar-refractivity contribution in [3.05, 3.63) is 203 Å². The van der Waals surface area contributed by atoms with E-state index >= 15 is 0 Å². The summed E-state index contributed by atoms with van der Waals surface area (Å²) < 4.78 is 19.4. The molecule has 2 N–H and O–H groups in total. The smallest absolute Gasteiger partial charge is 0.414 e. The first kappa shape index (κ1) is 47.2. The summed E-state index contributed by atoms with van der Waals surface area (Å²) in [6.45, 7) is 6.51. The van der Waals surface area contributed by atoms with E-state index in [4.69, 9.17) is 4.74 Å². The van der Waals surface area contributed by atoms with E-state index in [1.165, 1.54) is 28.8 Å². The molecule has 8 nitrogen and oxygen atoms in total. The first-order chi connectivity index (χ1) is 31.4. The molecular weight excluding hydrogens is 852 g/mol. The number of aryl methyl sites for hydroxylation is 2. The maximum absolute atomic E-state index is 14.6. The molecule has 0 radical (unpaired) electrons. The molecule has 0 bridgehead atoms. The molecule has 0 aliphatic carbocycles. The quantitative estimate of drug-likeness (QED) is 0.0650. The molecule has 1 aromatic heterocycles. The van der Waals surface area contributed by atoms with Gasteiger partial charge in [-0.25, -0.2) is 9.18 Å². The highest BCUT2D eigenvalue weighted by molar-refractivity contribution is 8.01. The van der Waals surface area contributed by atoms with Gasteiger partial charge in [-0.3, -0.25) is 19.5 Å². The van der Waals surface area contributed by atoms with Crippen molar-refractivity contribution in [2.75, 3.05) is 30.0 Å². The number of Topliss-reactive ketones (excluding diaryl/α,β-unsaturated/α-hetero) is 1. The van der Waals surface area contributed by atoms with Crippen molar-refractivity contribution in [2.24, 2.45) is 0 Å². The van der Waals surface area contributed by atoms with Crippen molar-refractivity contribution in [3.63, 3.8) is 0 Å². The lowest BCUT2D eigenvalue weighted by Crippen LogP contribution is -2.44. The van der Waals surface area contributed by atoms with Crippen LogP contribution in [0.2, 0.25) is 0 Å². The van der Waals surface area contributed by atoms with Gasteiger partial charge in [0.25, 0.3) is 5.91 Å². The third-order valence-electron chi connectivity index (χ3n) is 11.5. The van der Waals surface area contributed by atoms with E-state index in [1.807, 2.05) is 69.1 Å². The number of halogens is 1. The number of amides is 2. The number of benzene rings is 5. The van der Waals surface area contributed by atoms with E-state index in [2.05, 4.69) is 88.4 Å². The van der Waals surface area contributed by atoms with Crippen LogP contribution >= 0.6 is 23.5 Å². The molecule has 7 rings (SSSR count). The number of aromatic nitrogens is 1. The average molecular weight is 909 g/mol. The molecule has 3 atom stereocenters. The van der Waals surface area contributed by atoms with E-state index in [0.717, 1.165) is 17.5 Å². The Labute approximate surface area is 391 Å². The summed E-state index contributed by atoms with van der Waals surface area (Å²) in [7, 11) is 0. The van der Waals surface area contributed by atoms with Crippen molar-refractivity contribution >= 4 is 47.0 Å². The molecule has 0 unspecified atom stereocenters. The van der Waals surface area contributed by atoms with Crippen LogP contribution < -0.4 is 15.5 Å². The standard InChI is InChI=1S/C54H57FN4O4S2/c1-53(2,3)63-52(62)59(37-44-34-46(36-57-44)65-54(40-16-8-5-9-17-40,41-18-10-6-11-19-41)42-20-12-7-13-21-42)45-30-27-39(26-23-38-24-28-43(55)29-25-38)47(35-45)51(61)58-49(31-33-64-4)50(60)48-22-14-15-32-56-48/h5-22,24-25,27-30,32,35,44,46,49,57H,23,26,31,33-34,36-37H2,1-4H3,(H,58,61)/t44-,46-,49-/m0/s1. The van der Waals surface area contributed by atoms with Crippen molar-refractivity contribution in [2.45, 2.75) is 74.1 Å². The Morgan fingerprint density at radius 2 is 1.43 bits per heavy atom. The normalized spacial score (nSPS) is 15.5. The predicted molar refractivity (Wildman–Crippen MR) is 264 cm³/mol. The average Bonchev–Trinajstić information content (AvgIpc) is 3.78. The molecule has 336 valence electrons. The fourth-order valence-electron chi connectivity index (χ4n) is 8.33. The molecule has 1 fully saturated rings.